The van der Waals surface area contributed by atoms with Crippen molar-refractivity contribution in [1.82, 2.24) is 0 Å². The molecule has 0 unspecified atom stereocenters. The van der Waals surface area contributed by atoms with E-state index in [1.807, 2.05) is 0 Å². The minimum absolute atomic E-state index is 0.0146. The van der Waals surface area contributed by atoms with Gasteiger partial charge in [0.05, 0.1) is 24.0 Å². The first kappa shape index (κ1) is 42.3. The van der Waals surface area contributed by atoms with Gasteiger partial charge < -0.3 is 25.0 Å². The lowest BCUT2D eigenvalue weighted by atomic mass is 10.1. The van der Waals surface area contributed by atoms with Gasteiger partial charge >= 0.3 is 0 Å². The fourth-order valence-corrected chi connectivity index (χ4v) is 7.95. The molecule has 6 aromatic carbocycles. The van der Waals surface area contributed by atoms with Crippen LogP contribution in [0, 0.1) is 0 Å². The third kappa shape index (κ3) is 8.91. The van der Waals surface area contributed by atoms with Crippen molar-refractivity contribution < 1.29 is 71.6 Å². The molecule has 6 aromatic rings. The number of azo groups is 2. The van der Waals surface area contributed by atoms with E-state index in [9.17, 15) is 62.1 Å². The second-order valence-electron chi connectivity index (χ2n) is 12.1. The fourth-order valence-electron chi connectivity index (χ4n) is 5.64. The second-order valence-corrected chi connectivity index (χ2v) is 17.7. The quantitative estimate of drug-likeness (QED) is 0.0481. The number of hydrogen-bond acceptors (Lipinski definition) is 17. The van der Waals surface area contributed by atoms with Gasteiger partial charge in [0.25, 0.3) is 40.5 Å². The maximum atomic E-state index is 12.5. The van der Waals surface area contributed by atoms with Crippen LogP contribution in [-0.4, -0.2) is 76.3 Å². The molecule has 0 aromatic heterocycles. The molecule has 7 N–H and O–H groups in total. The molecule has 0 bridgehead atoms. The molecule has 21 nitrogen and oxygen atoms in total. The van der Waals surface area contributed by atoms with E-state index >= 15 is 0 Å². The first-order valence-corrected chi connectivity index (χ1v) is 21.7. The molecule has 0 heterocycles. The molecule has 0 radical (unpaired) electrons. The number of nitrogens with zero attached hydrogens (tertiary/aromatic N) is 4. The van der Waals surface area contributed by atoms with Crippen molar-refractivity contribution in [3.63, 3.8) is 0 Å². The summed E-state index contributed by atoms with van der Waals surface area (Å²) in [4.78, 5) is -2.98. The smallest absolute Gasteiger partial charge is 0.296 e. The third-order valence-electron chi connectivity index (χ3n) is 8.36. The fraction of sp³-hybridized carbons (Fsp3) is 0.0588. The van der Waals surface area contributed by atoms with E-state index in [0.717, 1.165) is 48.5 Å². The number of anilines is 2. The summed E-state index contributed by atoms with van der Waals surface area (Å²) in [6.45, 7) is 0. The minimum atomic E-state index is -5.10. The molecule has 0 atom stereocenters. The van der Waals surface area contributed by atoms with Crippen LogP contribution in [0.25, 0.3) is 21.5 Å². The van der Waals surface area contributed by atoms with Crippen LogP contribution in [0.15, 0.2) is 125 Å². The molecule has 0 amide bonds. The lowest BCUT2D eigenvalue weighted by Gasteiger charge is -2.13. The predicted molar refractivity (Wildman–Crippen MR) is 208 cm³/mol. The largest absolute Gasteiger partial charge is 0.505 e. The van der Waals surface area contributed by atoms with Gasteiger partial charge in [0.15, 0.2) is 11.5 Å². The summed E-state index contributed by atoms with van der Waals surface area (Å²) in [6.07, 6.45) is 0. The van der Waals surface area contributed by atoms with Gasteiger partial charge in [0.2, 0.25) is 0 Å². The molecule has 6 rings (SSSR count). The van der Waals surface area contributed by atoms with E-state index in [1.165, 1.54) is 50.6 Å². The van der Waals surface area contributed by atoms with Crippen LogP contribution in [0.5, 0.6) is 23.0 Å². The molecule has 308 valence electrons. The molecule has 25 heteroatoms. The van der Waals surface area contributed by atoms with Gasteiger partial charge in [-0.2, -0.15) is 33.7 Å². The number of hydrogen-bond donors (Lipinski definition) is 7. The highest BCUT2D eigenvalue weighted by atomic mass is 32.2. The lowest BCUT2D eigenvalue weighted by molar-refractivity contribution is 0.415. The third-order valence-corrected chi connectivity index (χ3v) is 11.8. The van der Waals surface area contributed by atoms with Crippen molar-refractivity contribution >= 4 is 96.1 Å². The molecule has 0 saturated heterocycles. The number of nitrogens with one attached hydrogen (secondary N) is 1. The molecule has 0 aliphatic heterocycles. The summed E-state index contributed by atoms with van der Waals surface area (Å²) in [5.74, 6) is -1.60. The first-order valence-electron chi connectivity index (χ1n) is 16.0. The number of benzene rings is 6. The Balaban J connectivity index is 1.39. The van der Waals surface area contributed by atoms with Crippen molar-refractivity contribution in [3.8, 4) is 23.0 Å². The van der Waals surface area contributed by atoms with Crippen LogP contribution in [0.1, 0.15) is 0 Å². The van der Waals surface area contributed by atoms with Gasteiger partial charge in [0, 0.05) is 22.1 Å². The van der Waals surface area contributed by atoms with Gasteiger partial charge in [-0.05, 0) is 95.7 Å². The van der Waals surface area contributed by atoms with Crippen LogP contribution < -0.4 is 14.8 Å². The van der Waals surface area contributed by atoms with E-state index in [0.29, 0.717) is 0 Å². The number of rotatable bonds is 12. The summed E-state index contributed by atoms with van der Waals surface area (Å²) < 4.78 is 146. The van der Waals surface area contributed by atoms with Crippen molar-refractivity contribution in [2.45, 2.75) is 19.6 Å². The highest BCUT2D eigenvalue weighted by Crippen LogP contribution is 2.45. The average Bonchev–Trinajstić information content (AvgIpc) is 3.15. The Hall–Kier alpha value is -6.32. The summed E-state index contributed by atoms with van der Waals surface area (Å²) in [6, 6.07) is 16.3. The SMILES string of the molecule is COc1ccc(S(=O)(=O)O)cc1N=Nc1c(S(=O)(=O)O)cc2cc(Nc3ccc4c(O)c(N=Nc5cc(S(=O)(=O)O)ccc5OC)c(S(=O)(=O)O)cc4c3)ccc2c1O. The molecule has 0 fully saturated rings. The van der Waals surface area contributed by atoms with E-state index in [1.54, 1.807) is 0 Å². The number of phenols is 2. The summed E-state index contributed by atoms with van der Waals surface area (Å²) in [5, 5.41) is 40.5. The maximum absolute atomic E-state index is 12.5. The molecular formula is C34H27N5O16S4. The van der Waals surface area contributed by atoms with Gasteiger partial charge in [-0.15, -0.1) is 20.5 Å². The lowest BCUT2D eigenvalue weighted by Crippen LogP contribution is -2.00. The van der Waals surface area contributed by atoms with E-state index in [2.05, 4.69) is 25.8 Å². The average molecular weight is 890 g/mol. The highest BCUT2D eigenvalue weighted by molar-refractivity contribution is 7.86. The van der Waals surface area contributed by atoms with Gasteiger partial charge in [-0.3, -0.25) is 18.2 Å². The number of ether oxygens (including phenoxy) is 2. The van der Waals surface area contributed by atoms with Crippen molar-refractivity contribution in [3.05, 3.63) is 84.9 Å². The van der Waals surface area contributed by atoms with Crippen molar-refractivity contribution in [2.75, 3.05) is 19.5 Å². The molecule has 0 aliphatic carbocycles. The predicted octanol–water partition coefficient (Wildman–Crippen LogP) is 6.98. The Morgan fingerprint density at radius 1 is 0.475 bits per heavy atom. The van der Waals surface area contributed by atoms with Crippen LogP contribution in [0.4, 0.5) is 34.1 Å². The molecule has 0 saturated carbocycles. The zero-order chi connectivity index (χ0) is 43.2. The van der Waals surface area contributed by atoms with E-state index in [-0.39, 0.29) is 55.8 Å². The van der Waals surface area contributed by atoms with Crippen molar-refractivity contribution in [1.29, 1.82) is 0 Å². The molecular weight excluding hydrogens is 863 g/mol. The van der Waals surface area contributed by atoms with Crippen molar-refractivity contribution in [2.24, 2.45) is 20.5 Å². The Bertz CT molecular complexity index is 3030. The summed E-state index contributed by atoms with van der Waals surface area (Å²) >= 11 is 0. The van der Waals surface area contributed by atoms with Gasteiger partial charge in [-0.25, -0.2) is 0 Å². The summed E-state index contributed by atoms with van der Waals surface area (Å²) in [7, 11) is -17.2. The number of aromatic hydroxyl groups is 2. The molecule has 0 spiro atoms. The number of fused-ring (bicyclic) bond motifs is 2. The molecule has 59 heavy (non-hydrogen) atoms. The summed E-state index contributed by atoms with van der Waals surface area (Å²) in [5.41, 5.74) is -1.53. The van der Waals surface area contributed by atoms with Crippen LogP contribution >= 0.6 is 0 Å². The van der Waals surface area contributed by atoms with Gasteiger partial charge in [-0.1, -0.05) is 0 Å². The zero-order valence-electron chi connectivity index (χ0n) is 29.8. The monoisotopic (exact) mass is 889 g/mol. The normalized spacial score (nSPS) is 12.8. The Morgan fingerprint density at radius 3 is 1.17 bits per heavy atom. The van der Waals surface area contributed by atoms with Crippen LogP contribution in [0.2, 0.25) is 0 Å². The number of methoxy groups -OCH3 is 2. The minimum Gasteiger partial charge on any atom is -0.505 e. The van der Waals surface area contributed by atoms with Crippen LogP contribution in [-0.2, 0) is 40.5 Å². The Labute approximate surface area is 333 Å². The number of phenolic OH excluding ortho intramolecular Hbond substituents is 2. The standard InChI is InChI=1S/C34H27N5O16S4/c1-54-27-9-5-21(56(42,43)44)15-25(27)36-38-31-29(58(48,49)50)13-17-11-19(3-7-23(17)33(31)40)35-20-4-8-24-18(12-20)14-30(59(51,52)53)32(34(24)41)39-37-26-16-22(57(45,46)47)6-10-28(26)55-2/h3-16,35,40-41H,1-2H3,(H,42,43,44)(H,45,46,47)(H,48,49,50)(H,51,52,53). The van der Waals surface area contributed by atoms with E-state index in [4.69, 9.17) is 9.47 Å². The van der Waals surface area contributed by atoms with Crippen LogP contribution in [0.3, 0.4) is 0 Å². The van der Waals surface area contributed by atoms with Gasteiger partial charge in [0.1, 0.15) is 44.0 Å². The second kappa shape index (κ2) is 15.5. The maximum Gasteiger partial charge on any atom is 0.296 e. The zero-order valence-corrected chi connectivity index (χ0v) is 33.0. The Kier molecular flexibility index (Phi) is 11.1. The molecule has 0 aliphatic rings. The first-order chi connectivity index (χ1) is 27.5. The Morgan fingerprint density at radius 2 is 0.847 bits per heavy atom. The highest BCUT2D eigenvalue weighted by Gasteiger charge is 2.25. The topological polar surface area (TPSA) is 338 Å². The van der Waals surface area contributed by atoms with E-state index < -0.39 is 82.9 Å².